The molecule has 0 bridgehead atoms. The summed E-state index contributed by atoms with van der Waals surface area (Å²) in [5.41, 5.74) is 0. The Morgan fingerprint density at radius 1 is 1.24 bits per heavy atom. The van der Waals surface area contributed by atoms with Gasteiger partial charge in [0.15, 0.2) is 0 Å². The van der Waals surface area contributed by atoms with Gasteiger partial charge < -0.3 is 10.1 Å². The normalized spacial score (nSPS) is 26.9. The van der Waals surface area contributed by atoms with Gasteiger partial charge in [0.2, 0.25) is 0 Å². The topological polar surface area (TPSA) is 38.3 Å². The molecule has 1 aliphatic carbocycles. The molecule has 100 valence electrons. The predicted molar refractivity (Wildman–Crippen MR) is 69.8 cm³/mol. The number of hydrogen-bond donors (Lipinski definition) is 1. The van der Waals surface area contributed by atoms with Gasteiger partial charge >= 0.3 is 5.97 Å². The van der Waals surface area contributed by atoms with Gasteiger partial charge in [0.25, 0.3) is 0 Å². The number of nitrogens with one attached hydrogen (secondary N) is 1. The SMILES string of the molecule is CCOC(=O)C(C)NC1CCC(C(C)C)CC1. The molecule has 1 N–H and O–H groups in total. The van der Waals surface area contributed by atoms with Crippen molar-refractivity contribution in [2.45, 2.75) is 65.5 Å². The highest BCUT2D eigenvalue weighted by molar-refractivity contribution is 5.75. The summed E-state index contributed by atoms with van der Waals surface area (Å²) in [4.78, 5) is 11.5. The van der Waals surface area contributed by atoms with Crippen molar-refractivity contribution in [2.75, 3.05) is 6.61 Å². The van der Waals surface area contributed by atoms with Gasteiger partial charge in [-0.25, -0.2) is 0 Å². The zero-order valence-corrected chi connectivity index (χ0v) is 11.7. The van der Waals surface area contributed by atoms with E-state index in [0.717, 1.165) is 11.8 Å². The fraction of sp³-hybridized carbons (Fsp3) is 0.929. The Hall–Kier alpha value is -0.570. The first-order valence-corrected chi connectivity index (χ1v) is 6.97. The second kappa shape index (κ2) is 7.00. The zero-order chi connectivity index (χ0) is 12.8. The van der Waals surface area contributed by atoms with Crippen molar-refractivity contribution < 1.29 is 9.53 Å². The summed E-state index contributed by atoms with van der Waals surface area (Å²) in [6, 6.07) is 0.319. The van der Waals surface area contributed by atoms with E-state index in [4.69, 9.17) is 4.74 Å². The molecular formula is C14H27NO2. The Labute approximate surface area is 105 Å². The van der Waals surface area contributed by atoms with Crippen molar-refractivity contribution in [3.05, 3.63) is 0 Å². The van der Waals surface area contributed by atoms with E-state index in [1.807, 2.05) is 13.8 Å². The molecule has 3 heteroatoms. The second-order valence-electron chi connectivity index (χ2n) is 5.50. The maximum Gasteiger partial charge on any atom is 0.322 e. The molecule has 1 aliphatic rings. The highest BCUT2D eigenvalue weighted by atomic mass is 16.5. The number of hydrogen-bond acceptors (Lipinski definition) is 3. The van der Waals surface area contributed by atoms with Crippen LogP contribution in [0.1, 0.15) is 53.4 Å². The molecule has 1 rings (SSSR count). The molecule has 17 heavy (non-hydrogen) atoms. The van der Waals surface area contributed by atoms with Crippen molar-refractivity contribution in [2.24, 2.45) is 11.8 Å². The quantitative estimate of drug-likeness (QED) is 0.752. The molecule has 1 atom stereocenters. The van der Waals surface area contributed by atoms with Crippen LogP contribution in [-0.2, 0) is 9.53 Å². The standard InChI is InChI=1S/C14H27NO2/c1-5-17-14(16)11(4)15-13-8-6-12(7-9-13)10(2)3/h10-13,15H,5-9H2,1-4H3. The van der Waals surface area contributed by atoms with Crippen molar-refractivity contribution in [1.82, 2.24) is 5.32 Å². The molecule has 0 aromatic carbocycles. The van der Waals surface area contributed by atoms with E-state index >= 15 is 0 Å². The molecule has 0 aliphatic heterocycles. The van der Waals surface area contributed by atoms with E-state index in [-0.39, 0.29) is 12.0 Å². The van der Waals surface area contributed by atoms with Crippen molar-refractivity contribution in [3.8, 4) is 0 Å². The Balaban J connectivity index is 2.28. The number of carbonyl (C=O) groups is 1. The Bertz CT molecular complexity index is 232. The molecule has 0 heterocycles. The summed E-state index contributed by atoms with van der Waals surface area (Å²) >= 11 is 0. The number of rotatable bonds is 5. The lowest BCUT2D eigenvalue weighted by molar-refractivity contribution is -0.145. The fourth-order valence-corrected chi connectivity index (χ4v) is 2.64. The molecule has 1 saturated carbocycles. The molecule has 0 spiro atoms. The lowest BCUT2D eigenvalue weighted by atomic mass is 9.79. The Morgan fingerprint density at radius 2 is 1.82 bits per heavy atom. The summed E-state index contributed by atoms with van der Waals surface area (Å²) in [5, 5.41) is 3.39. The number of esters is 1. The van der Waals surface area contributed by atoms with Crippen LogP contribution >= 0.6 is 0 Å². The Morgan fingerprint density at radius 3 is 2.29 bits per heavy atom. The van der Waals surface area contributed by atoms with Crippen LogP contribution in [0.4, 0.5) is 0 Å². The maximum absolute atomic E-state index is 11.5. The first-order valence-electron chi connectivity index (χ1n) is 6.97. The van der Waals surface area contributed by atoms with E-state index in [9.17, 15) is 4.79 Å². The average Bonchev–Trinajstić information content (AvgIpc) is 2.30. The third kappa shape index (κ3) is 4.66. The molecule has 3 nitrogen and oxygen atoms in total. The van der Waals surface area contributed by atoms with E-state index < -0.39 is 0 Å². The van der Waals surface area contributed by atoms with Crippen LogP contribution < -0.4 is 5.32 Å². The van der Waals surface area contributed by atoms with Gasteiger partial charge in [0.1, 0.15) is 6.04 Å². The highest BCUT2D eigenvalue weighted by Crippen LogP contribution is 2.29. The molecule has 0 aromatic heterocycles. The summed E-state index contributed by atoms with van der Waals surface area (Å²) < 4.78 is 5.00. The minimum Gasteiger partial charge on any atom is -0.465 e. The van der Waals surface area contributed by atoms with Crippen LogP contribution in [0.5, 0.6) is 0 Å². The molecule has 0 amide bonds. The van der Waals surface area contributed by atoms with Gasteiger partial charge in [-0.2, -0.15) is 0 Å². The lowest BCUT2D eigenvalue weighted by Crippen LogP contribution is -2.44. The van der Waals surface area contributed by atoms with Crippen LogP contribution in [0.2, 0.25) is 0 Å². The van der Waals surface area contributed by atoms with Crippen molar-refractivity contribution in [1.29, 1.82) is 0 Å². The first kappa shape index (κ1) is 14.5. The minimum atomic E-state index is -0.171. The van der Waals surface area contributed by atoms with Gasteiger partial charge in [-0.15, -0.1) is 0 Å². The lowest BCUT2D eigenvalue weighted by Gasteiger charge is -2.32. The van der Waals surface area contributed by atoms with Gasteiger partial charge in [-0.05, 0) is 51.4 Å². The van der Waals surface area contributed by atoms with Gasteiger partial charge in [-0.1, -0.05) is 13.8 Å². The van der Waals surface area contributed by atoms with Crippen LogP contribution in [-0.4, -0.2) is 24.7 Å². The van der Waals surface area contributed by atoms with E-state index in [1.165, 1.54) is 25.7 Å². The minimum absolute atomic E-state index is 0.126. The average molecular weight is 241 g/mol. The summed E-state index contributed by atoms with van der Waals surface area (Å²) in [7, 11) is 0. The maximum atomic E-state index is 11.5. The number of ether oxygens (including phenoxy) is 1. The first-order chi connectivity index (χ1) is 8.04. The molecular weight excluding hydrogens is 214 g/mol. The molecule has 1 fully saturated rings. The van der Waals surface area contributed by atoms with Crippen LogP contribution in [0.25, 0.3) is 0 Å². The third-order valence-corrected chi connectivity index (χ3v) is 3.84. The van der Waals surface area contributed by atoms with Crippen LogP contribution in [0.15, 0.2) is 0 Å². The van der Waals surface area contributed by atoms with E-state index in [0.29, 0.717) is 12.6 Å². The Kier molecular flexibility index (Phi) is 5.96. The molecule has 0 saturated heterocycles. The molecule has 1 unspecified atom stereocenters. The summed E-state index contributed by atoms with van der Waals surface area (Å²) in [6.07, 6.45) is 4.94. The summed E-state index contributed by atoms with van der Waals surface area (Å²) in [5.74, 6) is 1.53. The smallest absolute Gasteiger partial charge is 0.322 e. The van der Waals surface area contributed by atoms with Crippen LogP contribution in [0.3, 0.4) is 0 Å². The fourth-order valence-electron chi connectivity index (χ4n) is 2.64. The van der Waals surface area contributed by atoms with E-state index in [1.54, 1.807) is 0 Å². The molecule has 0 radical (unpaired) electrons. The largest absolute Gasteiger partial charge is 0.465 e. The predicted octanol–water partition coefficient (Wildman–Crippen LogP) is 2.74. The van der Waals surface area contributed by atoms with Crippen molar-refractivity contribution in [3.63, 3.8) is 0 Å². The third-order valence-electron chi connectivity index (χ3n) is 3.84. The summed E-state index contributed by atoms with van der Waals surface area (Å²) in [6.45, 7) is 8.81. The number of carbonyl (C=O) groups excluding carboxylic acids is 1. The zero-order valence-electron chi connectivity index (χ0n) is 11.7. The second-order valence-corrected chi connectivity index (χ2v) is 5.50. The van der Waals surface area contributed by atoms with E-state index in [2.05, 4.69) is 19.2 Å². The van der Waals surface area contributed by atoms with Gasteiger partial charge in [0.05, 0.1) is 6.61 Å². The van der Waals surface area contributed by atoms with Gasteiger partial charge in [0, 0.05) is 6.04 Å². The molecule has 0 aromatic rings. The van der Waals surface area contributed by atoms with Crippen LogP contribution in [0, 0.1) is 11.8 Å². The van der Waals surface area contributed by atoms with Gasteiger partial charge in [-0.3, -0.25) is 4.79 Å². The highest BCUT2D eigenvalue weighted by Gasteiger charge is 2.25. The monoisotopic (exact) mass is 241 g/mol. The van der Waals surface area contributed by atoms with Crippen molar-refractivity contribution >= 4 is 5.97 Å².